The van der Waals surface area contributed by atoms with Crippen LogP contribution in [0.25, 0.3) is 0 Å². The van der Waals surface area contributed by atoms with Crippen LogP contribution in [0.2, 0.25) is 0 Å². The van der Waals surface area contributed by atoms with Gasteiger partial charge in [0.1, 0.15) is 0 Å². The second-order valence-electron chi connectivity index (χ2n) is 5.11. The first-order valence-electron chi connectivity index (χ1n) is 6.89. The number of likely N-dealkylation sites (N-methyl/N-ethyl adjacent to an activating group) is 1. The summed E-state index contributed by atoms with van der Waals surface area (Å²) in [6.07, 6.45) is -0.362. The highest BCUT2D eigenvalue weighted by atomic mass is 16.3. The number of hydrogen-bond donors (Lipinski definition) is 1. The summed E-state index contributed by atoms with van der Waals surface area (Å²) in [4.78, 5) is 4.82. The molecule has 1 aromatic carbocycles. The fourth-order valence-corrected chi connectivity index (χ4v) is 2.59. The van der Waals surface area contributed by atoms with Gasteiger partial charge in [-0.15, -0.1) is 0 Å². The highest BCUT2D eigenvalue weighted by Gasteiger charge is 2.19. The second kappa shape index (κ2) is 6.32. The van der Waals surface area contributed by atoms with Crippen molar-refractivity contribution < 1.29 is 5.11 Å². The molecule has 0 saturated carbocycles. The molecular formula is C15H24N2O. The van der Waals surface area contributed by atoms with Crippen LogP contribution in [0.1, 0.15) is 24.2 Å². The van der Waals surface area contributed by atoms with E-state index in [-0.39, 0.29) is 6.10 Å². The van der Waals surface area contributed by atoms with Crippen molar-refractivity contribution in [3.05, 3.63) is 35.4 Å². The molecule has 0 amide bonds. The molecule has 1 aromatic rings. The van der Waals surface area contributed by atoms with E-state index in [9.17, 15) is 5.11 Å². The maximum absolute atomic E-state index is 10.3. The summed E-state index contributed by atoms with van der Waals surface area (Å²) in [5.74, 6) is 0. The number of aliphatic hydroxyl groups excluding tert-OH is 1. The van der Waals surface area contributed by atoms with E-state index >= 15 is 0 Å². The zero-order valence-electron chi connectivity index (χ0n) is 11.5. The smallest absolute Gasteiger partial charge is 0.0919 e. The molecule has 2 rings (SSSR count). The Morgan fingerprint density at radius 1 is 1.11 bits per heavy atom. The third kappa shape index (κ3) is 3.31. The predicted molar refractivity (Wildman–Crippen MR) is 74.7 cm³/mol. The molecule has 3 nitrogen and oxygen atoms in total. The van der Waals surface area contributed by atoms with E-state index in [2.05, 4.69) is 29.7 Å². The van der Waals surface area contributed by atoms with Gasteiger partial charge < -0.3 is 10.0 Å². The van der Waals surface area contributed by atoms with E-state index in [0.717, 1.165) is 44.8 Å². The largest absolute Gasteiger partial charge is 0.387 e. The molecule has 0 aromatic heterocycles. The number of aryl methyl sites for hydroxylation is 1. The number of β-amino-alcohol motifs (C(OH)–C–C–N with tert-alkyl or cyclic N) is 1. The topological polar surface area (TPSA) is 26.7 Å². The minimum Gasteiger partial charge on any atom is -0.387 e. The van der Waals surface area contributed by atoms with Gasteiger partial charge in [-0.3, -0.25) is 4.90 Å². The molecule has 1 aliphatic heterocycles. The van der Waals surface area contributed by atoms with Gasteiger partial charge in [0.05, 0.1) is 6.10 Å². The van der Waals surface area contributed by atoms with E-state index in [4.69, 9.17) is 0 Å². The molecule has 1 unspecified atom stereocenters. The van der Waals surface area contributed by atoms with Crippen LogP contribution in [0, 0.1) is 6.92 Å². The van der Waals surface area contributed by atoms with Gasteiger partial charge in [-0.2, -0.15) is 0 Å². The van der Waals surface area contributed by atoms with Crippen molar-refractivity contribution in [3.63, 3.8) is 0 Å². The Morgan fingerprint density at radius 2 is 1.72 bits per heavy atom. The fourth-order valence-electron chi connectivity index (χ4n) is 2.59. The molecule has 100 valence electrons. The average Bonchev–Trinajstić information content (AvgIpc) is 2.40. The average molecular weight is 248 g/mol. The Kier molecular flexibility index (Phi) is 4.75. The molecule has 0 radical (unpaired) electrons. The maximum atomic E-state index is 10.3. The molecular weight excluding hydrogens is 224 g/mol. The number of rotatable bonds is 4. The molecule has 1 heterocycles. The van der Waals surface area contributed by atoms with Crippen molar-refractivity contribution in [1.82, 2.24) is 9.80 Å². The van der Waals surface area contributed by atoms with Crippen LogP contribution in [0.4, 0.5) is 0 Å². The summed E-state index contributed by atoms with van der Waals surface area (Å²) in [6.45, 7) is 10.5. The molecule has 1 atom stereocenters. The molecule has 1 saturated heterocycles. The van der Waals surface area contributed by atoms with Gasteiger partial charge in [-0.05, 0) is 24.6 Å². The van der Waals surface area contributed by atoms with Crippen LogP contribution in [-0.4, -0.2) is 54.2 Å². The highest BCUT2D eigenvalue weighted by molar-refractivity contribution is 5.27. The third-order valence-corrected chi connectivity index (χ3v) is 3.89. The van der Waals surface area contributed by atoms with Crippen molar-refractivity contribution in [2.24, 2.45) is 0 Å². The Bertz CT molecular complexity index is 373. The van der Waals surface area contributed by atoms with E-state index in [1.807, 2.05) is 18.2 Å². The molecule has 0 aliphatic carbocycles. The van der Waals surface area contributed by atoms with Gasteiger partial charge in [0.25, 0.3) is 0 Å². The van der Waals surface area contributed by atoms with Crippen LogP contribution >= 0.6 is 0 Å². The van der Waals surface area contributed by atoms with Gasteiger partial charge >= 0.3 is 0 Å². The van der Waals surface area contributed by atoms with Crippen LogP contribution < -0.4 is 0 Å². The molecule has 0 spiro atoms. The van der Waals surface area contributed by atoms with E-state index < -0.39 is 0 Å². The Labute approximate surface area is 110 Å². The van der Waals surface area contributed by atoms with Crippen molar-refractivity contribution in [2.45, 2.75) is 20.0 Å². The first-order chi connectivity index (χ1) is 8.70. The van der Waals surface area contributed by atoms with Gasteiger partial charge in [-0.25, -0.2) is 0 Å². The van der Waals surface area contributed by atoms with Crippen molar-refractivity contribution in [2.75, 3.05) is 39.3 Å². The van der Waals surface area contributed by atoms with Crippen molar-refractivity contribution in [3.8, 4) is 0 Å². The minimum absolute atomic E-state index is 0.362. The zero-order valence-corrected chi connectivity index (χ0v) is 11.5. The SMILES string of the molecule is CCN1CCN(CC(O)c2ccccc2C)CC1. The van der Waals surface area contributed by atoms with Crippen LogP contribution in [0.3, 0.4) is 0 Å². The quantitative estimate of drug-likeness (QED) is 0.878. The fraction of sp³-hybridized carbons (Fsp3) is 0.600. The van der Waals surface area contributed by atoms with Gasteiger partial charge in [-0.1, -0.05) is 31.2 Å². The lowest BCUT2D eigenvalue weighted by Gasteiger charge is -2.35. The summed E-state index contributed by atoms with van der Waals surface area (Å²) in [6, 6.07) is 8.11. The summed E-state index contributed by atoms with van der Waals surface area (Å²) >= 11 is 0. The Hall–Kier alpha value is -0.900. The Morgan fingerprint density at radius 3 is 2.33 bits per heavy atom. The minimum atomic E-state index is -0.362. The number of benzene rings is 1. The molecule has 1 fully saturated rings. The lowest BCUT2D eigenvalue weighted by atomic mass is 10.0. The van der Waals surface area contributed by atoms with E-state index in [1.165, 1.54) is 5.56 Å². The van der Waals surface area contributed by atoms with E-state index in [1.54, 1.807) is 0 Å². The first-order valence-corrected chi connectivity index (χ1v) is 6.89. The lowest BCUT2D eigenvalue weighted by Crippen LogP contribution is -2.47. The first kappa shape index (κ1) is 13.5. The van der Waals surface area contributed by atoms with Gasteiger partial charge in [0.15, 0.2) is 0 Å². The molecule has 3 heteroatoms. The predicted octanol–water partition coefficient (Wildman–Crippen LogP) is 1.67. The van der Waals surface area contributed by atoms with E-state index in [0.29, 0.717) is 0 Å². The Balaban J connectivity index is 1.89. The second-order valence-corrected chi connectivity index (χ2v) is 5.11. The molecule has 1 N–H and O–H groups in total. The number of aliphatic hydroxyl groups is 1. The summed E-state index contributed by atoms with van der Waals surface area (Å²) in [5, 5.41) is 10.3. The summed E-state index contributed by atoms with van der Waals surface area (Å²) in [5.41, 5.74) is 2.24. The number of piperazine rings is 1. The van der Waals surface area contributed by atoms with Gasteiger partial charge in [0.2, 0.25) is 0 Å². The zero-order chi connectivity index (χ0) is 13.0. The molecule has 18 heavy (non-hydrogen) atoms. The standard InChI is InChI=1S/C15H24N2O/c1-3-16-8-10-17(11-9-16)12-15(18)14-7-5-4-6-13(14)2/h4-7,15,18H,3,8-12H2,1-2H3. The number of nitrogens with zero attached hydrogens (tertiary/aromatic N) is 2. The van der Waals surface area contributed by atoms with Crippen LogP contribution in [0.15, 0.2) is 24.3 Å². The molecule has 0 bridgehead atoms. The summed E-state index contributed by atoms with van der Waals surface area (Å²) < 4.78 is 0. The summed E-state index contributed by atoms with van der Waals surface area (Å²) in [7, 11) is 0. The van der Waals surface area contributed by atoms with Crippen LogP contribution in [-0.2, 0) is 0 Å². The van der Waals surface area contributed by atoms with Gasteiger partial charge in [0, 0.05) is 32.7 Å². The lowest BCUT2D eigenvalue weighted by molar-refractivity contribution is 0.0741. The molecule has 1 aliphatic rings. The van der Waals surface area contributed by atoms with Crippen molar-refractivity contribution in [1.29, 1.82) is 0 Å². The monoisotopic (exact) mass is 248 g/mol. The third-order valence-electron chi connectivity index (χ3n) is 3.89. The highest BCUT2D eigenvalue weighted by Crippen LogP contribution is 2.18. The maximum Gasteiger partial charge on any atom is 0.0919 e. The number of hydrogen-bond acceptors (Lipinski definition) is 3. The van der Waals surface area contributed by atoms with Crippen molar-refractivity contribution >= 4 is 0 Å². The van der Waals surface area contributed by atoms with Crippen LogP contribution in [0.5, 0.6) is 0 Å². The normalized spacial score (nSPS) is 19.9.